The first-order valence-electron chi connectivity index (χ1n) is 8.82. The van der Waals surface area contributed by atoms with Gasteiger partial charge in [-0.05, 0) is 29.8 Å². The largest absolute Gasteiger partial charge is 0.368 e. The summed E-state index contributed by atoms with van der Waals surface area (Å²) in [6.07, 6.45) is 0. The molecule has 0 saturated carbocycles. The van der Waals surface area contributed by atoms with E-state index in [0.29, 0.717) is 18.9 Å². The van der Waals surface area contributed by atoms with Crippen molar-refractivity contribution in [3.63, 3.8) is 0 Å². The molecule has 7 heteroatoms. The number of urea groups is 1. The molecule has 27 heavy (non-hydrogen) atoms. The zero-order chi connectivity index (χ0) is 19.2. The van der Waals surface area contributed by atoms with Crippen molar-refractivity contribution in [1.29, 1.82) is 0 Å². The Morgan fingerprint density at radius 3 is 2.56 bits per heavy atom. The predicted octanol–water partition coefficient (Wildman–Crippen LogP) is 3.24. The van der Waals surface area contributed by atoms with Gasteiger partial charge in [0.2, 0.25) is 0 Å². The average molecular weight is 364 g/mol. The number of hydrogen-bond acceptors (Lipinski definition) is 5. The van der Waals surface area contributed by atoms with E-state index in [1.54, 1.807) is 0 Å². The summed E-state index contributed by atoms with van der Waals surface area (Å²) < 4.78 is 0. The Bertz CT molecular complexity index is 941. The van der Waals surface area contributed by atoms with Crippen LogP contribution in [0.3, 0.4) is 0 Å². The van der Waals surface area contributed by atoms with Crippen LogP contribution < -0.4 is 20.9 Å². The van der Waals surface area contributed by atoms with Crippen LogP contribution in [-0.2, 0) is 0 Å². The number of benzene rings is 2. The molecule has 1 heterocycles. The molecule has 0 bridgehead atoms. The molecule has 0 saturated heterocycles. The predicted molar refractivity (Wildman–Crippen MR) is 111 cm³/mol. The van der Waals surface area contributed by atoms with Gasteiger partial charge < -0.3 is 20.9 Å². The van der Waals surface area contributed by atoms with Crippen LogP contribution in [0.4, 0.5) is 22.1 Å². The van der Waals surface area contributed by atoms with Crippen LogP contribution >= 0.6 is 0 Å². The Morgan fingerprint density at radius 2 is 1.78 bits per heavy atom. The highest BCUT2D eigenvalue weighted by Crippen LogP contribution is 2.18. The first-order chi connectivity index (χ1) is 13.0. The summed E-state index contributed by atoms with van der Waals surface area (Å²) >= 11 is 0. The van der Waals surface area contributed by atoms with Gasteiger partial charge in [0, 0.05) is 38.9 Å². The van der Waals surface area contributed by atoms with E-state index >= 15 is 0 Å². The molecular weight excluding hydrogens is 340 g/mol. The quantitative estimate of drug-likeness (QED) is 0.585. The van der Waals surface area contributed by atoms with Crippen molar-refractivity contribution < 1.29 is 4.79 Å². The standard InChI is InChI=1S/C20H24N6O/c1-14-23-18(13-19(24-14)26(2)3)21-10-11-22-20(27)25-17-9-8-15-6-4-5-7-16(15)12-17/h4-9,12-13H,10-11H2,1-3H3,(H,21,23,24)(H2,22,25,27). The monoisotopic (exact) mass is 364 g/mol. The lowest BCUT2D eigenvalue weighted by Crippen LogP contribution is -2.32. The van der Waals surface area contributed by atoms with E-state index in [1.807, 2.05) is 74.4 Å². The fourth-order valence-electron chi connectivity index (χ4n) is 2.68. The fraction of sp³-hybridized carbons (Fsp3) is 0.250. The summed E-state index contributed by atoms with van der Waals surface area (Å²) in [5, 5.41) is 11.1. The van der Waals surface area contributed by atoms with E-state index < -0.39 is 0 Å². The van der Waals surface area contributed by atoms with Gasteiger partial charge in [-0.25, -0.2) is 14.8 Å². The molecule has 0 unspecified atom stereocenters. The summed E-state index contributed by atoms with van der Waals surface area (Å²) in [7, 11) is 3.87. The zero-order valence-corrected chi connectivity index (χ0v) is 15.8. The first-order valence-corrected chi connectivity index (χ1v) is 8.82. The molecule has 0 fully saturated rings. The summed E-state index contributed by atoms with van der Waals surface area (Å²) in [5.41, 5.74) is 0.765. The van der Waals surface area contributed by atoms with Gasteiger partial charge in [0.25, 0.3) is 0 Å². The van der Waals surface area contributed by atoms with Gasteiger partial charge in [-0.1, -0.05) is 30.3 Å². The van der Waals surface area contributed by atoms with E-state index in [4.69, 9.17) is 0 Å². The SMILES string of the molecule is Cc1nc(NCCNC(=O)Nc2ccc3ccccc3c2)cc(N(C)C)n1. The van der Waals surface area contributed by atoms with Crippen LogP contribution in [0.5, 0.6) is 0 Å². The number of nitrogens with zero attached hydrogens (tertiary/aromatic N) is 3. The number of anilines is 3. The highest BCUT2D eigenvalue weighted by molar-refractivity contribution is 5.93. The van der Waals surface area contributed by atoms with Gasteiger partial charge in [0.1, 0.15) is 17.5 Å². The number of aryl methyl sites for hydroxylation is 1. The van der Waals surface area contributed by atoms with Gasteiger partial charge in [0.15, 0.2) is 0 Å². The summed E-state index contributed by atoms with van der Waals surface area (Å²) in [4.78, 5) is 22.7. The average Bonchev–Trinajstić information content (AvgIpc) is 2.64. The Hall–Kier alpha value is -3.35. The minimum Gasteiger partial charge on any atom is -0.368 e. The Labute approximate surface area is 158 Å². The van der Waals surface area contributed by atoms with E-state index in [2.05, 4.69) is 25.9 Å². The Kier molecular flexibility index (Phi) is 5.71. The van der Waals surface area contributed by atoms with Crippen LogP contribution in [0.2, 0.25) is 0 Å². The smallest absolute Gasteiger partial charge is 0.319 e. The number of nitrogens with one attached hydrogen (secondary N) is 3. The second kappa shape index (κ2) is 8.35. The van der Waals surface area contributed by atoms with Gasteiger partial charge in [-0.15, -0.1) is 0 Å². The Morgan fingerprint density at radius 1 is 1.00 bits per heavy atom. The lowest BCUT2D eigenvalue weighted by atomic mass is 10.1. The lowest BCUT2D eigenvalue weighted by molar-refractivity contribution is 0.252. The Balaban J connectivity index is 1.48. The molecule has 140 valence electrons. The summed E-state index contributed by atoms with van der Waals surface area (Å²) in [6.45, 7) is 2.89. The summed E-state index contributed by atoms with van der Waals surface area (Å²) in [6, 6.07) is 15.5. The third kappa shape index (κ3) is 5.07. The number of amides is 2. The molecule has 7 nitrogen and oxygen atoms in total. The van der Waals surface area contributed by atoms with E-state index in [1.165, 1.54) is 0 Å². The maximum Gasteiger partial charge on any atom is 0.319 e. The molecule has 3 N–H and O–H groups in total. The second-order valence-corrected chi connectivity index (χ2v) is 6.42. The van der Waals surface area contributed by atoms with Crippen molar-refractivity contribution >= 4 is 34.1 Å². The van der Waals surface area contributed by atoms with Crippen LogP contribution in [0.25, 0.3) is 10.8 Å². The van der Waals surface area contributed by atoms with Gasteiger partial charge in [0.05, 0.1) is 0 Å². The maximum absolute atomic E-state index is 12.1. The van der Waals surface area contributed by atoms with Gasteiger partial charge in [-0.3, -0.25) is 0 Å². The van der Waals surface area contributed by atoms with Crippen LogP contribution in [0, 0.1) is 6.92 Å². The van der Waals surface area contributed by atoms with E-state index in [9.17, 15) is 4.79 Å². The van der Waals surface area contributed by atoms with Crippen molar-refractivity contribution in [2.24, 2.45) is 0 Å². The number of aromatic nitrogens is 2. The molecule has 0 aliphatic rings. The number of rotatable bonds is 6. The number of carbonyl (C=O) groups excluding carboxylic acids is 1. The minimum atomic E-state index is -0.236. The maximum atomic E-state index is 12.1. The highest BCUT2D eigenvalue weighted by Gasteiger charge is 2.05. The van der Waals surface area contributed by atoms with Crippen molar-refractivity contribution in [2.75, 3.05) is 42.7 Å². The van der Waals surface area contributed by atoms with Crippen LogP contribution in [-0.4, -0.2) is 43.2 Å². The minimum absolute atomic E-state index is 0.236. The number of hydrogen-bond donors (Lipinski definition) is 3. The summed E-state index contributed by atoms with van der Waals surface area (Å²) in [5.74, 6) is 2.28. The third-order valence-corrected chi connectivity index (χ3v) is 4.01. The first kappa shape index (κ1) is 18.4. The molecule has 0 aliphatic heterocycles. The van der Waals surface area contributed by atoms with Crippen molar-refractivity contribution in [3.8, 4) is 0 Å². The normalized spacial score (nSPS) is 10.5. The zero-order valence-electron chi connectivity index (χ0n) is 15.8. The molecule has 0 radical (unpaired) electrons. The fourth-order valence-corrected chi connectivity index (χ4v) is 2.68. The molecule has 0 atom stereocenters. The molecule has 0 spiro atoms. The van der Waals surface area contributed by atoms with Gasteiger partial charge >= 0.3 is 6.03 Å². The third-order valence-electron chi connectivity index (χ3n) is 4.01. The topological polar surface area (TPSA) is 82.2 Å². The van der Waals surface area contributed by atoms with Crippen LogP contribution in [0.15, 0.2) is 48.5 Å². The van der Waals surface area contributed by atoms with Gasteiger partial charge in [-0.2, -0.15) is 0 Å². The molecule has 2 aromatic carbocycles. The van der Waals surface area contributed by atoms with Crippen LogP contribution in [0.1, 0.15) is 5.82 Å². The lowest BCUT2D eigenvalue weighted by Gasteiger charge is -2.14. The molecule has 3 aromatic rings. The van der Waals surface area contributed by atoms with Crippen molar-refractivity contribution in [3.05, 3.63) is 54.4 Å². The molecule has 0 aliphatic carbocycles. The molecule has 3 rings (SSSR count). The number of fused-ring (bicyclic) bond motifs is 1. The number of carbonyl (C=O) groups is 1. The van der Waals surface area contributed by atoms with Crippen molar-refractivity contribution in [2.45, 2.75) is 6.92 Å². The molecule has 2 amide bonds. The van der Waals surface area contributed by atoms with E-state index in [0.717, 1.165) is 28.1 Å². The molecular formula is C20H24N6O. The van der Waals surface area contributed by atoms with Crippen molar-refractivity contribution in [1.82, 2.24) is 15.3 Å². The highest BCUT2D eigenvalue weighted by atomic mass is 16.2. The molecule has 1 aromatic heterocycles. The van der Waals surface area contributed by atoms with E-state index in [-0.39, 0.29) is 6.03 Å². The second-order valence-electron chi connectivity index (χ2n) is 6.42.